The van der Waals surface area contributed by atoms with Gasteiger partial charge in [0.2, 0.25) is 0 Å². The molecule has 0 radical (unpaired) electrons. The highest BCUT2D eigenvalue weighted by Crippen LogP contribution is 2.24. The fraction of sp³-hybridized carbons (Fsp3) is 0.846. The lowest BCUT2D eigenvalue weighted by Gasteiger charge is -2.31. The summed E-state index contributed by atoms with van der Waals surface area (Å²) in [5, 5.41) is 0. The van der Waals surface area contributed by atoms with Gasteiger partial charge >= 0.3 is 23.9 Å². The summed E-state index contributed by atoms with van der Waals surface area (Å²) in [6, 6.07) is 0. The Hall–Kier alpha value is -2.94. The molecule has 74 heavy (non-hydrogen) atoms. The molecule has 0 aliphatic heterocycles. The number of allylic oxidation sites excluding steroid dienone is 6. The zero-order valence-corrected chi connectivity index (χ0v) is 49.3. The number of unbranched alkanes of at least 4 members (excludes halogenated alkanes) is 33. The lowest BCUT2D eigenvalue weighted by atomic mass is 9.92. The van der Waals surface area contributed by atoms with Gasteiger partial charge in [0.05, 0.1) is 0 Å². The number of hydrogen-bond donors (Lipinski definition) is 0. The Morgan fingerprint density at radius 3 is 0.730 bits per heavy atom. The summed E-state index contributed by atoms with van der Waals surface area (Å²) >= 11 is 0. The molecule has 0 aliphatic rings. The maximum Gasteiger partial charge on any atom is 0.305 e. The predicted octanol–water partition coefficient (Wildman–Crippen LogP) is 18.6. The molecule has 0 saturated heterocycles. The van der Waals surface area contributed by atoms with Crippen molar-refractivity contribution in [2.45, 2.75) is 303 Å². The standard InChI is InChI=1S/C65H119NO8/c1-6-9-12-15-18-21-24-27-30-33-36-39-42-45-48-52-61(67)71-57-65(60-74-64(70)55-51-56-66(4)5,58-72-62(68)53-49-46-43-40-37-34-31-28-25-22-19-16-13-10-7-2)59-73-63(69)54-50-47-44-41-38-35-32-29-26-23-20-17-14-11-8-3/h27-32H,6-26,33-60H2,1-5H3/b30-27-,31-28-,32-29-. The first-order chi connectivity index (χ1) is 36.2. The van der Waals surface area contributed by atoms with Gasteiger partial charge in [0, 0.05) is 25.7 Å². The van der Waals surface area contributed by atoms with Crippen molar-refractivity contribution in [1.82, 2.24) is 4.90 Å². The Bertz CT molecular complexity index is 1220. The van der Waals surface area contributed by atoms with Crippen LogP contribution in [0.3, 0.4) is 0 Å². The second-order valence-corrected chi connectivity index (χ2v) is 22.1. The SMILES string of the molecule is CCCCCCCC/C=C\CCCCCCCC(=O)OCC(COC(=O)CCCCCCC/C=C\CCCCCCCC)(COC(=O)CCCCCCC/C=C\CCCCCCCC)COC(=O)CCCN(C)C. The third-order valence-electron chi connectivity index (χ3n) is 14.1. The molecule has 0 rings (SSSR count). The van der Waals surface area contributed by atoms with Gasteiger partial charge in [-0.3, -0.25) is 19.2 Å². The van der Waals surface area contributed by atoms with Crippen LogP contribution in [0.1, 0.15) is 303 Å². The molecular weight excluding hydrogens is 923 g/mol. The fourth-order valence-electron chi connectivity index (χ4n) is 9.03. The minimum absolute atomic E-state index is 0.191. The molecule has 9 nitrogen and oxygen atoms in total. The van der Waals surface area contributed by atoms with Gasteiger partial charge in [0.15, 0.2) is 0 Å². The maximum absolute atomic E-state index is 13.2. The summed E-state index contributed by atoms with van der Waals surface area (Å²) in [7, 11) is 3.91. The van der Waals surface area contributed by atoms with Crippen LogP contribution in [0.25, 0.3) is 0 Å². The van der Waals surface area contributed by atoms with Crippen LogP contribution in [-0.4, -0.2) is 75.8 Å². The Labute approximate surface area is 457 Å². The number of carbonyl (C=O) groups is 4. The van der Waals surface area contributed by atoms with Gasteiger partial charge in [-0.2, -0.15) is 0 Å². The summed E-state index contributed by atoms with van der Waals surface area (Å²) < 4.78 is 23.4. The highest BCUT2D eigenvalue weighted by molar-refractivity contribution is 5.71. The predicted molar refractivity (Wildman–Crippen MR) is 312 cm³/mol. The molecular formula is C65H119NO8. The average Bonchev–Trinajstić information content (AvgIpc) is 3.39. The van der Waals surface area contributed by atoms with E-state index in [9.17, 15) is 19.2 Å². The smallest absolute Gasteiger partial charge is 0.305 e. The lowest BCUT2D eigenvalue weighted by molar-refractivity contribution is -0.170. The van der Waals surface area contributed by atoms with E-state index in [1.165, 1.54) is 135 Å². The molecule has 0 fully saturated rings. The normalized spacial score (nSPS) is 12.0. The van der Waals surface area contributed by atoms with Crippen LogP contribution in [0.4, 0.5) is 0 Å². The molecule has 0 bridgehead atoms. The largest absolute Gasteiger partial charge is 0.465 e. The van der Waals surface area contributed by atoms with E-state index in [2.05, 4.69) is 57.2 Å². The number of ether oxygens (including phenoxy) is 4. The highest BCUT2D eigenvalue weighted by atomic mass is 16.6. The molecule has 0 aromatic heterocycles. The monoisotopic (exact) mass is 1040 g/mol. The van der Waals surface area contributed by atoms with Gasteiger partial charge in [0.25, 0.3) is 0 Å². The number of rotatable bonds is 57. The topological polar surface area (TPSA) is 108 Å². The summed E-state index contributed by atoms with van der Waals surface area (Å²) in [5.74, 6) is -1.47. The Morgan fingerprint density at radius 1 is 0.297 bits per heavy atom. The van der Waals surface area contributed by atoms with Gasteiger partial charge in [-0.25, -0.2) is 0 Å². The summed E-state index contributed by atoms with van der Waals surface area (Å²) in [6.45, 7) is 6.73. The number of esters is 4. The Kier molecular flexibility index (Phi) is 54.0. The van der Waals surface area contributed by atoms with E-state index in [1.54, 1.807) is 0 Å². The number of nitrogens with zero attached hydrogens (tertiary/aromatic N) is 1. The van der Waals surface area contributed by atoms with Crippen LogP contribution in [-0.2, 0) is 38.1 Å². The minimum Gasteiger partial charge on any atom is -0.465 e. The maximum atomic E-state index is 13.2. The van der Waals surface area contributed by atoms with E-state index >= 15 is 0 Å². The first-order valence-corrected chi connectivity index (χ1v) is 31.4. The molecule has 0 atom stereocenters. The van der Waals surface area contributed by atoms with Crippen molar-refractivity contribution in [2.24, 2.45) is 5.41 Å². The van der Waals surface area contributed by atoms with Crippen molar-refractivity contribution < 1.29 is 38.1 Å². The zero-order chi connectivity index (χ0) is 54.1. The molecule has 0 N–H and O–H groups in total. The number of carbonyl (C=O) groups excluding carboxylic acids is 4. The molecule has 9 heteroatoms. The molecule has 0 aromatic carbocycles. The molecule has 432 valence electrons. The van der Waals surface area contributed by atoms with Crippen LogP contribution in [0, 0.1) is 5.41 Å². The highest BCUT2D eigenvalue weighted by Gasteiger charge is 2.38. The fourth-order valence-corrected chi connectivity index (χ4v) is 9.03. The van der Waals surface area contributed by atoms with Gasteiger partial charge < -0.3 is 23.8 Å². The minimum atomic E-state index is -1.23. The first kappa shape index (κ1) is 71.1. The third kappa shape index (κ3) is 52.5. The second-order valence-electron chi connectivity index (χ2n) is 22.1. The van der Waals surface area contributed by atoms with Crippen molar-refractivity contribution in [1.29, 1.82) is 0 Å². The molecule has 0 heterocycles. The zero-order valence-electron chi connectivity index (χ0n) is 49.3. The van der Waals surface area contributed by atoms with Crippen LogP contribution >= 0.6 is 0 Å². The molecule has 0 saturated carbocycles. The molecule has 0 unspecified atom stereocenters. The van der Waals surface area contributed by atoms with Gasteiger partial charge in [-0.1, -0.05) is 211 Å². The summed E-state index contributed by atoms with van der Waals surface area (Å²) in [4.78, 5) is 54.7. The Morgan fingerprint density at radius 2 is 0.500 bits per heavy atom. The lowest BCUT2D eigenvalue weighted by Crippen LogP contribution is -2.44. The average molecular weight is 1040 g/mol. The van der Waals surface area contributed by atoms with Crippen LogP contribution in [0.15, 0.2) is 36.5 Å². The third-order valence-corrected chi connectivity index (χ3v) is 14.1. The van der Waals surface area contributed by atoms with Crippen LogP contribution in [0.2, 0.25) is 0 Å². The van der Waals surface area contributed by atoms with E-state index < -0.39 is 11.4 Å². The van der Waals surface area contributed by atoms with Crippen molar-refractivity contribution in [3.8, 4) is 0 Å². The molecule has 0 aliphatic carbocycles. The van der Waals surface area contributed by atoms with Crippen molar-refractivity contribution in [3.05, 3.63) is 36.5 Å². The van der Waals surface area contributed by atoms with Gasteiger partial charge in [-0.15, -0.1) is 0 Å². The van der Waals surface area contributed by atoms with Gasteiger partial charge in [0.1, 0.15) is 31.8 Å². The Balaban J connectivity index is 5.28. The van der Waals surface area contributed by atoms with Crippen LogP contribution < -0.4 is 0 Å². The van der Waals surface area contributed by atoms with E-state index in [0.29, 0.717) is 6.42 Å². The first-order valence-electron chi connectivity index (χ1n) is 31.4. The van der Waals surface area contributed by atoms with Crippen molar-refractivity contribution >= 4 is 23.9 Å². The van der Waals surface area contributed by atoms with E-state index in [0.717, 1.165) is 122 Å². The quantitative estimate of drug-likeness (QED) is 0.0255. The van der Waals surface area contributed by atoms with E-state index in [-0.39, 0.29) is 70.0 Å². The van der Waals surface area contributed by atoms with Crippen molar-refractivity contribution in [3.63, 3.8) is 0 Å². The molecule has 0 spiro atoms. The second kappa shape index (κ2) is 56.3. The number of hydrogen-bond acceptors (Lipinski definition) is 9. The van der Waals surface area contributed by atoms with Gasteiger partial charge in [-0.05, 0) is 123 Å². The van der Waals surface area contributed by atoms with Crippen LogP contribution in [0.5, 0.6) is 0 Å². The summed E-state index contributed by atoms with van der Waals surface area (Å²) in [6.07, 6.45) is 61.4. The summed E-state index contributed by atoms with van der Waals surface area (Å²) in [5.41, 5.74) is -1.23. The van der Waals surface area contributed by atoms with Crippen molar-refractivity contribution in [2.75, 3.05) is 47.1 Å². The molecule has 0 amide bonds. The molecule has 0 aromatic rings. The van der Waals surface area contributed by atoms with E-state index in [4.69, 9.17) is 18.9 Å². The van der Waals surface area contributed by atoms with E-state index in [1.807, 2.05) is 19.0 Å².